The van der Waals surface area contributed by atoms with E-state index in [4.69, 9.17) is 17.3 Å². The molecule has 1 aliphatic heterocycles. The van der Waals surface area contributed by atoms with E-state index in [0.29, 0.717) is 6.04 Å². The first-order chi connectivity index (χ1) is 9.08. The largest absolute Gasteiger partial charge is 0.324 e. The van der Waals surface area contributed by atoms with E-state index < -0.39 is 0 Å². The molecule has 1 fully saturated rings. The Hall–Kier alpha value is -0.610. The average molecular weight is 282 g/mol. The Labute approximate surface area is 121 Å². The predicted octanol–water partition coefficient (Wildman–Crippen LogP) is 2.37. The topological polar surface area (TPSA) is 32.5 Å². The quantitative estimate of drug-likeness (QED) is 0.920. The van der Waals surface area contributed by atoms with Crippen molar-refractivity contribution in [3.05, 3.63) is 34.9 Å². The lowest BCUT2D eigenvalue weighted by atomic mass is 10.0. The fourth-order valence-corrected chi connectivity index (χ4v) is 2.86. The van der Waals surface area contributed by atoms with Gasteiger partial charge in [-0.15, -0.1) is 0 Å². The first-order valence-corrected chi connectivity index (χ1v) is 7.38. The van der Waals surface area contributed by atoms with Gasteiger partial charge in [0.1, 0.15) is 0 Å². The van der Waals surface area contributed by atoms with Crippen LogP contribution < -0.4 is 5.73 Å². The molecule has 2 unspecified atom stereocenters. The Morgan fingerprint density at radius 3 is 2.79 bits per heavy atom. The van der Waals surface area contributed by atoms with Crippen LogP contribution in [-0.4, -0.2) is 49.1 Å². The van der Waals surface area contributed by atoms with Gasteiger partial charge in [-0.05, 0) is 32.0 Å². The van der Waals surface area contributed by atoms with Crippen molar-refractivity contribution in [1.82, 2.24) is 9.80 Å². The number of nitrogens with two attached hydrogens (primary N) is 1. The summed E-state index contributed by atoms with van der Waals surface area (Å²) in [7, 11) is 2.19. The van der Waals surface area contributed by atoms with Crippen LogP contribution in [0.5, 0.6) is 0 Å². The second kappa shape index (κ2) is 6.71. The van der Waals surface area contributed by atoms with Crippen molar-refractivity contribution >= 4 is 11.6 Å². The van der Waals surface area contributed by atoms with Crippen molar-refractivity contribution < 1.29 is 0 Å². The molecule has 2 N–H and O–H groups in total. The van der Waals surface area contributed by atoms with E-state index in [1.807, 2.05) is 24.3 Å². The Morgan fingerprint density at radius 1 is 1.37 bits per heavy atom. The van der Waals surface area contributed by atoms with Gasteiger partial charge in [-0.3, -0.25) is 0 Å². The van der Waals surface area contributed by atoms with E-state index in [-0.39, 0.29) is 6.04 Å². The van der Waals surface area contributed by atoms with E-state index in [2.05, 4.69) is 23.8 Å². The molecular weight excluding hydrogens is 258 g/mol. The van der Waals surface area contributed by atoms with E-state index in [9.17, 15) is 0 Å². The minimum absolute atomic E-state index is 0.0312. The average Bonchev–Trinajstić information content (AvgIpc) is 2.40. The fraction of sp³-hybridized carbons (Fsp3) is 0.600. The van der Waals surface area contributed by atoms with Crippen LogP contribution in [0.25, 0.3) is 0 Å². The number of rotatable bonds is 4. The normalized spacial score (nSPS) is 23.5. The molecule has 1 aromatic carbocycles. The lowest BCUT2D eigenvalue weighted by Crippen LogP contribution is -2.50. The zero-order valence-electron chi connectivity index (χ0n) is 11.8. The molecular formula is C15H24ClN3. The molecule has 4 heteroatoms. The van der Waals surface area contributed by atoms with E-state index in [1.165, 1.54) is 0 Å². The van der Waals surface area contributed by atoms with Gasteiger partial charge in [-0.1, -0.05) is 29.8 Å². The van der Waals surface area contributed by atoms with Gasteiger partial charge in [-0.2, -0.15) is 0 Å². The molecule has 1 saturated heterocycles. The summed E-state index contributed by atoms with van der Waals surface area (Å²) < 4.78 is 0. The third-order valence-corrected chi connectivity index (χ3v) is 4.45. The number of halogens is 1. The van der Waals surface area contributed by atoms with Gasteiger partial charge in [0.15, 0.2) is 0 Å². The Balaban J connectivity index is 1.84. The standard InChI is InChI=1S/C15H24ClN3/c1-12-11-19(10-9-18(12)2)8-7-15(17)13-5-3-4-6-14(13)16/h3-6,12,15H,7-11,17H2,1-2H3. The third kappa shape index (κ3) is 3.93. The molecule has 0 spiro atoms. The number of hydrogen-bond acceptors (Lipinski definition) is 3. The summed E-state index contributed by atoms with van der Waals surface area (Å²) >= 11 is 6.18. The monoisotopic (exact) mass is 281 g/mol. The van der Waals surface area contributed by atoms with Crippen LogP contribution in [0.2, 0.25) is 5.02 Å². The van der Waals surface area contributed by atoms with Crippen molar-refractivity contribution in [3.8, 4) is 0 Å². The number of piperazine rings is 1. The molecule has 106 valence electrons. The first kappa shape index (κ1) is 14.8. The number of benzene rings is 1. The molecule has 0 aliphatic carbocycles. The van der Waals surface area contributed by atoms with Gasteiger partial charge < -0.3 is 15.5 Å². The van der Waals surface area contributed by atoms with E-state index in [0.717, 1.165) is 43.2 Å². The Kier molecular flexibility index (Phi) is 5.22. The van der Waals surface area contributed by atoms with Gasteiger partial charge in [0.05, 0.1) is 0 Å². The second-order valence-corrected chi connectivity index (χ2v) is 5.95. The minimum atomic E-state index is 0.0312. The molecule has 0 radical (unpaired) electrons. The summed E-state index contributed by atoms with van der Waals surface area (Å²) in [4.78, 5) is 4.91. The first-order valence-electron chi connectivity index (χ1n) is 7.00. The molecule has 0 bridgehead atoms. The molecule has 2 rings (SSSR count). The van der Waals surface area contributed by atoms with Crippen molar-refractivity contribution in [2.24, 2.45) is 5.73 Å². The highest BCUT2D eigenvalue weighted by molar-refractivity contribution is 6.31. The molecule has 1 aromatic rings. The van der Waals surface area contributed by atoms with Crippen LogP contribution in [0.1, 0.15) is 24.9 Å². The second-order valence-electron chi connectivity index (χ2n) is 5.55. The van der Waals surface area contributed by atoms with Crippen molar-refractivity contribution in [3.63, 3.8) is 0 Å². The summed E-state index contributed by atoms with van der Waals surface area (Å²) in [5, 5.41) is 0.779. The predicted molar refractivity (Wildman–Crippen MR) is 81.5 cm³/mol. The van der Waals surface area contributed by atoms with Gasteiger partial charge >= 0.3 is 0 Å². The Bertz CT molecular complexity index is 410. The van der Waals surface area contributed by atoms with Crippen LogP contribution in [0, 0.1) is 0 Å². The summed E-state index contributed by atoms with van der Waals surface area (Å²) in [6.45, 7) is 6.73. The smallest absolute Gasteiger partial charge is 0.0453 e. The minimum Gasteiger partial charge on any atom is -0.324 e. The van der Waals surface area contributed by atoms with Crippen molar-refractivity contribution in [1.29, 1.82) is 0 Å². The van der Waals surface area contributed by atoms with Crippen LogP contribution in [0.3, 0.4) is 0 Å². The zero-order valence-corrected chi connectivity index (χ0v) is 12.6. The fourth-order valence-electron chi connectivity index (χ4n) is 2.58. The summed E-state index contributed by atoms with van der Waals surface area (Å²) in [5.74, 6) is 0. The lowest BCUT2D eigenvalue weighted by molar-refractivity contribution is 0.103. The van der Waals surface area contributed by atoms with E-state index >= 15 is 0 Å². The summed E-state index contributed by atoms with van der Waals surface area (Å²) in [6.07, 6.45) is 0.958. The highest BCUT2D eigenvalue weighted by Gasteiger charge is 2.21. The van der Waals surface area contributed by atoms with Crippen molar-refractivity contribution in [2.75, 3.05) is 33.2 Å². The number of hydrogen-bond donors (Lipinski definition) is 1. The molecule has 19 heavy (non-hydrogen) atoms. The molecule has 0 amide bonds. The number of nitrogens with zero attached hydrogens (tertiary/aromatic N) is 2. The third-order valence-electron chi connectivity index (χ3n) is 4.10. The van der Waals surface area contributed by atoms with Crippen LogP contribution in [0.15, 0.2) is 24.3 Å². The van der Waals surface area contributed by atoms with Crippen molar-refractivity contribution in [2.45, 2.75) is 25.4 Å². The Morgan fingerprint density at radius 2 is 2.11 bits per heavy atom. The maximum Gasteiger partial charge on any atom is 0.0453 e. The van der Waals surface area contributed by atoms with Gasteiger partial charge in [0, 0.05) is 43.3 Å². The van der Waals surface area contributed by atoms with Gasteiger partial charge in [0.25, 0.3) is 0 Å². The zero-order chi connectivity index (χ0) is 13.8. The van der Waals surface area contributed by atoms with Gasteiger partial charge in [-0.25, -0.2) is 0 Å². The molecule has 0 saturated carbocycles. The molecule has 2 atom stereocenters. The molecule has 0 aromatic heterocycles. The SMILES string of the molecule is CC1CN(CCC(N)c2ccccc2Cl)CCN1C. The highest BCUT2D eigenvalue weighted by Crippen LogP contribution is 2.23. The molecule has 1 aliphatic rings. The van der Waals surface area contributed by atoms with Crippen LogP contribution >= 0.6 is 11.6 Å². The van der Waals surface area contributed by atoms with E-state index in [1.54, 1.807) is 0 Å². The maximum absolute atomic E-state index is 6.25. The summed E-state index contributed by atoms with van der Waals surface area (Å²) in [5.41, 5.74) is 7.31. The maximum atomic E-state index is 6.25. The van der Waals surface area contributed by atoms with Crippen LogP contribution in [0.4, 0.5) is 0 Å². The summed E-state index contributed by atoms with van der Waals surface area (Å²) in [6, 6.07) is 8.54. The van der Waals surface area contributed by atoms with Crippen LogP contribution in [-0.2, 0) is 0 Å². The number of likely N-dealkylation sites (N-methyl/N-ethyl adjacent to an activating group) is 1. The molecule has 1 heterocycles. The highest BCUT2D eigenvalue weighted by atomic mass is 35.5. The molecule has 3 nitrogen and oxygen atoms in total. The lowest BCUT2D eigenvalue weighted by Gasteiger charge is -2.38. The van der Waals surface area contributed by atoms with Gasteiger partial charge in [0.2, 0.25) is 0 Å².